The summed E-state index contributed by atoms with van der Waals surface area (Å²) >= 11 is 11.8. The quantitative estimate of drug-likeness (QED) is 0.574. The summed E-state index contributed by atoms with van der Waals surface area (Å²) in [6, 6.07) is 9.69. The van der Waals surface area contributed by atoms with Crippen LogP contribution in [-0.2, 0) is 14.3 Å². The maximum atomic E-state index is 12.4. The fourth-order valence-corrected chi connectivity index (χ4v) is 3.14. The van der Waals surface area contributed by atoms with E-state index in [1.807, 2.05) is 13.0 Å². The molecular weight excluding hydrogens is 419 g/mol. The average molecular weight is 435 g/mol. The molecule has 1 aliphatic heterocycles. The third-order valence-corrected chi connectivity index (χ3v) is 4.98. The predicted octanol–water partition coefficient (Wildman–Crippen LogP) is 3.47. The lowest BCUT2D eigenvalue weighted by Crippen LogP contribution is -2.38. The normalized spacial score (nSPS) is 13.9. The second kappa shape index (κ2) is 8.23. The number of fused-ring (bicyclic) bond motifs is 1. The maximum Gasteiger partial charge on any atom is 0.326 e. The Kier molecular flexibility index (Phi) is 5.91. The van der Waals surface area contributed by atoms with Gasteiger partial charge in [-0.3, -0.25) is 24.1 Å². The van der Waals surface area contributed by atoms with Crippen LogP contribution >= 0.6 is 23.2 Å². The van der Waals surface area contributed by atoms with E-state index in [1.54, 1.807) is 18.2 Å². The lowest BCUT2D eigenvalue weighted by molar-refractivity contribution is -0.153. The van der Waals surface area contributed by atoms with E-state index >= 15 is 0 Å². The monoisotopic (exact) mass is 434 g/mol. The first-order chi connectivity index (χ1) is 13.7. The molecule has 1 unspecified atom stereocenters. The number of hydrogen-bond acceptors (Lipinski definition) is 5. The van der Waals surface area contributed by atoms with Crippen molar-refractivity contribution in [1.82, 2.24) is 4.90 Å². The van der Waals surface area contributed by atoms with Gasteiger partial charge < -0.3 is 10.1 Å². The average Bonchev–Trinajstić information content (AvgIpc) is 2.86. The second-order valence-electron chi connectivity index (χ2n) is 6.50. The molecule has 0 fully saturated rings. The molecule has 3 rings (SSSR count). The zero-order chi connectivity index (χ0) is 21.3. The number of rotatable bonds is 5. The number of benzene rings is 2. The topological polar surface area (TPSA) is 92.8 Å². The molecule has 150 valence electrons. The first kappa shape index (κ1) is 20.8. The van der Waals surface area contributed by atoms with Crippen LogP contribution in [0.3, 0.4) is 0 Å². The highest BCUT2D eigenvalue weighted by Gasteiger charge is 2.38. The number of ether oxygens (including phenoxy) is 1. The van der Waals surface area contributed by atoms with Crippen molar-refractivity contribution in [3.8, 4) is 0 Å². The smallest absolute Gasteiger partial charge is 0.326 e. The van der Waals surface area contributed by atoms with Gasteiger partial charge in [0.15, 0.2) is 6.10 Å². The lowest BCUT2D eigenvalue weighted by atomic mass is 10.1. The van der Waals surface area contributed by atoms with Crippen LogP contribution in [0.1, 0.15) is 33.2 Å². The summed E-state index contributed by atoms with van der Waals surface area (Å²) in [6.45, 7) is 2.64. The number of aryl methyl sites for hydroxylation is 1. The van der Waals surface area contributed by atoms with Gasteiger partial charge in [-0.1, -0.05) is 35.3 Å². The van der Waals surface area contributed by atoms with Crippen molar-refractivity contribution in [3.63, 3.8) is 0 Å². The molecule has 1 heterocycles. The van der Waals surface area contributed by atoms with E-state index in [9.17, 15) is 19.2 Å². The number of esters is 1. The Hall–Kier alpha value is -2.90. The van der Waals surface area contributed by atoms with Gasteiger partial charge in [-0.2, -0.15) is 0 Å². The Bertz CT molecular complexity index is 997. The minimum atomic E-state index is -1.12. The molecule has 1 aliphatic rings. The van der Waals surface area contributed by atoms with Crippen LogP contribution in [0.15, 0.2) is 36.4 Å². The fraction of sp³-hybridized carbons (Fsp3) is 0.200. The van der Waals surface area contributed by atoms with E-state index in [4.69, 9.17) is 27.9 Å². The first-order valence-electron chi connectivity index (χ1n) is 8.59. The van der Waals surface area contributed by atoms with Gasteiger partial charge in [0.2, 0.25) is 0 Å². The SMILES string of the molecule is Cc1cccc(NC(=O)C(C)OC(=O)CN2C(=O)c3cc(Cl)c(Cl)cc3C2=O)c1. The molecule has 0 radical (unpaired) electrons. The van der Waals surface area contributed by atoms with E-state index in [1.165, 1.54) is 19.1 Å². The van der Waals surface area contributed by atoms with Gasteiger partial charge in [0, 0.05) is 5.69 Å². The third kappa shape index (κ3) is 4.41. The minimum Gasteiger partial charge on any atom is -0.451 e. The summed E-state index contributed by atoms with van der Waals surface area (Å²) in [5.74, 6) is -2.80. The highest BCUT2D eigenvalue weighted by Crippen LogP contribution is 2.31. The Balaban J connectivity index is 1.62. The number of carbonyl (C=O) groups is 4. The van der Waals surface area contributed by atoms with Gasteiger partial charge in [0.1, 0.15) is 6.54 Å². The Morgan fingerprint density at radius 3 is 2.21 bits per heavy atom. The number of nitrogens with one attached hydrogen (secondary N) is 1. The Morgan fingerprint density at radius 2 is 1.66 bits per heavy atom. The van der Waals surface area contributed by atoms with Crippen molar-refractivity contribution in [2.24, 2.45) is 0 Å². The van der Waals surface area contributed by atoms with Crippen molar-refractivity contribution < 1.29 is 23.9 Å². The molecule has 0 saturated heterocycles. The van der Waals surface area contributed by atoms with Crippen LogP contribution in [0.25, 0.3) is 0 Å². The van der Waals surface area contributed by atoms with Crippen LogP contribution in [-0.4, -0.2) is 41.2 Å². The highest BCUT2D eigenvalue weighted by molar-refractivity contribution is 6.43. The molecule has 9 heteroatoms. The van der Waals surface area contributed by atoms with Crippen molar-refractivity contribution in [3.05, 3.63) is 63.1 Å². The zero-order valence-electron chi connectivity index (χ0n) is 15.5. The number of amides is 3. The number of anilines is 1. The summed E-state index contributed by atoms with van der Waals surface area (Å²) in [4.78, 5) is 50.0. The molecule has 0 aromatic heterocycles. The highest BCUT2D eigenvalue weighted by atomic mass is 35.5. The zero-order valence-corrected chi connectivity index (χ0v) is 17.0. The third-order valence-electron chi connectivity index (χ3n) is 4.26. The van der Waals surface area contributed by atoms with Gasteiger partial charge in [0.05, 0.1) is 21.2 Å². The molecule has 0 saturated carbocycles. The molecule has 7 nitrogen and oxygen atoms in total. The second-order valence-corrected chi connectivity index (χ2v) is 7.31. The van der Waals surface area contributed by atoms with E-state index in [0.29, 0.717) is 5.69 Å². The van der Waals surface area contributed by atoms with E-state index in [-0.39, 0.29) is 21.2 Å². The van der Waals surface area contributed by atoms with Crippen LogP contribution in [0, 0.1) is 6.92 Å². The maximum absolute atomic E-state index is 12.4. The van der Waals surface area contributed by atoms with Crippen molar-refractivity contribution >= 4 is 52.6 Å². The van der Waals surface area contributed by atoms with E-state index < -0.39 is 36.3 Å². The number of nitrogens with zero attached hydrogens (tertiary/aromatic N) is 1. The van der Waals surface area contributed by atoms with Gasteiger partial charge in [-0.15, -0.1) is 0 Å². The predicted molar refractivity (Wildman–Crippen MR) is 107 cm³/mol. The number of carbonyl (C=O) groups excluding carboxylic acids is 4. The van der Waals surface area contributed by atoms with E-state index in [0.717, 1.165) is 10.5 Å². The first-order valence-corrected chi connectivity index (χ1v) is 9.35. The van der Waals surface area contributed by atoms with Gasteiger partial charge in [0.25, 0.3) is 17.7 Å². The molecule has 1 N–H and O–H groups in total. The molecule has 0 bridgehead atoms. The summed E-state index contributed by atoms with van der Waals surface area (Å²) in [5.41, 5.74) is 1.63. The summed E-state index contributed by atoms with van der Waals surface area (Å²) in [6.07, 6.45) is -1.12. The van der Waals surface area contributed by atoms with Gasteiger partial charge in [-0.05, 0) is 43.7 Å². The van der Waals surface area contributed by atoms with Crippen LogP contribution in [0.5, 0.6) is 0 Å². The largest absolute Gasteiger partial charge is 0.451 e. The molecule has 2 aromatic rings. The molecule has 29 heavy (non-hydrogen) atoms. The summed E-state index contributed by atoms with van der Waals surface area (Å²) < 4.78 is 5.07. The Morgan fingerprint density at radius 1 is 1.07 bits per heavy atom. The van der Waals surface area contributed by atoms with Crippen LogP contribution in [0.2, 0.25) is 10.0 Å². The Labute approximate surface area is 176 Å². The van der Waals surface area contributed by atoms with Crippen LogP contribution < -0.4 is 5.32 Å². The standard InChI is InChI=1S/C20H16Cl2N2O5/c1-10-4-3-5-12(6-10)23-18(26)11(2)29-17(25)9-24-19(27)13-7-15(21)16(22)8-14(13)20(24)28/h3-8,11H,9H2,1-2H3,(H,23,26). The van der Waals surface area contributed by atoms with Gasteiger partial charge in [-0.25, -0.2) is 0 Å². The van der Waals surface area contributed by atoms with Gasteiger partial charge >= 0.3 is 5.97 Å². The molecule has 1 atom stereocenters. The lowest BCUT2D eigenvalue weighted by Gasteiger charge is -2.17. The number of halogens is 2. The minimum absolute atomic E-state index is 0.0578. The van der Waals surface area contributed by atoms with Crippen molar-refractivity contribution in [1.29, 1.82) is 0 Å². The molecule has 0 aliphatic carbocycles. The summed E-state index contributed by atoms with van der Waals surface area (Å²) in [7, 11) is 0. The van der Waals surface area contributed by atoms with E-state index in [2.05, 4.69) is 5.32 Å². The molecule has 3 amide bonds. The van der Waals surface area contributed by atoms with Crippen molar-refractivity contribution in [2.45, 2.75) is 20.0 Å². The summed E-state index contributed by atoms with van der Waals surface area (Å²) in [5, 5.41) is 2.88. The fourth-order valence-electron chi connectivity index (χ4n) is 2.81. The number of hydrogen-bond donors (Lipinski definition) is 1. The number of imide groups is 1. The molecular formula is C20H16Cl2N2O5. The molecule has 2 aromatic carbocycles. The van der Waals surface area contributed by atoms with Crippen LogP contribution in [0.4, 0.5) is 5.69 Å². The van der Waals surface area contributed by atoms with Crippen molar-refractivity contribution in [2.75, 3.05) is 11.9 Å². The molecule has 0 spiro atoms.